The minimum atomic E-state index is 0.393. The molecule has 1 aromatic rings. The highest BCUT2D eigenvalue weighted by atomic mass is 35.5. The van der Waals surface area contributed by atoms with E-state index in [9.17, 15) is 0 Å². The van der Waals surface area contributed by atoms with Gasteiger partial charge in [0.15, 0.2) is 0 Å². The Morgan fingerprint density at radius 1 is 1.70 bits per heavy atom. The monoisotopic (exact) mass is 176 g/mol. The number of hydrogen-bond acceptors (Lipinski definition) is 1. The largest absolute Gasteiger partial charge is 0.316 e. The smallest absolute Gasteiger partial charge is 0.204 e. The van der Waals surface area contributed by atoms with Crippen LogP contribution < -0.4 is 0 Å². The molecule has 0 saturated carbocycles. The van der Waals surface area contributed by atoms with Gasteiger partial charge in [-0.2, -0.15) is 0 Å². The van der Waals surface area contributed by atoms with Crippen LogP contribution in [0.5, 0.6) is 0 Å². The summed E-state index contributed by atoms with van der Waals surface area (Å²) in [5.74, 6) is 0. The van der Waals surface area contributed by atoms with Crippen molar-refractivity contribution in [2.45, 2.75) is 6.54 Å². The standard InChI is InChI=1S/C6H6Cl2N2/c1-2-3-10-4-5(7)9-6(10)8/h2,4H,1,3H2. The summed E-state index contributed by atoms with van der Waals surface area (Å²) in [4.78, 5) is 3.78. The van der Waals surface area contributed by atoms with Gasteiger partial charge in [0, 0.05) is 12.7 Å². The van der Waals surface area contributed by atoms with Crippen molar-refractivity contribution in [3.63, 3.8) is 0 Å². The van der Waals surface area contributed by atoms with Gasteiger partial charge in [-0.25, -0.2) is 4.98 Å². The molecule has 54 valence electrons. The molecular weight excluding hydrogens is 171 g/mol. The average Bonchev–Trinajstić information content (AvgIpc) is 2.13. The lowest BCUT2D eigenvalue weighted by atomic mass is 10.6. The molecule has 0 atom stereocenters. The summed E-state index contributed by atoms with van der Waals surface area (Å²) >= 11 is 11.2. The van der Waals surface area contributed by atoms with Crippen LogP contribution in [0, 0.1) is 0 Å². The molecule has 0 aromatic carbocycles. The van der Waals surface area contributed by atoms with Gasteiger partial charge in [0.2, 0.25) is 5.28 Å². The Labute approximate surface area is 69.1 Å². The number of allylic oxidation sites excluding steroid dienone is 1. The maximum Gasteiger partial charge on any atom is 0.204 e. The van der Waals surface area contributed by atoms with Crippen LogP contribution in [0.15, 0.2) is 18.9 Å². The Kier molecular flexibility index (Phi) is 2.35. The van der Waals surface area contributed by atoms with Crippen molar-refractivity contribution >= 4 is 23.2 Å². The summed E-state index contributed by atoms with van der Waals surface area (Å²) < 4.78 is 1.71. The van der Waals surface area contributed by atoms with Crippen molar-refractivity contribution in [1.82, 2.24) is 9.55 Å². The second-order valence-electron chi connectivity index (χ2n) is 1.77. The minimum absolute atomic E-state index is 0.393. The van der Waals surface area contributed by atoms with E-state index < -0.39 is 0 Å². The van der Waals surface area contributed by atoms with Gasteiger partial charge in [-0.3, -0.25) is 0 Å². The fraction of sp³-hybridized carbons (Fsp3) is 0.167. The predicted octanol–water partition coefficient (Wildman–Crippen LogP) is 2.38. The van der Waals surface area contributed by atoms with Crippen LogP contribution in [0.25, 0.3) is 0 Å². The molecule has 0 aliphatic heterocycles. The Hall–Kier alpha value is -0.470. The lowest BCUT2D eigenvalue weighted by Crippen LogP contribution is -1.91. The van der Waals surface area contributed by atoms with Gasteiger partial charge in [0.05, 0.1) is 0 Å². The van der Waals surface area contributed by atoms with Crippen LogP contribution in [0.2, 0.25) is 10.4 Å². The van der Waals surface area contributed by atoms with Gasteiger partial charge >= 0.3 is 0 Å². The zero-order valence-electron chi connectivity index (χ0n) is 5.22. The number of halogens is 2. The van der Waals surface area contributed by atoms with Crippen molar-refractivity contribution in [3.8, 4) is 0 Å². The average molecular weight is 177 g/mol. The Bertz CT molecular complexity index is 242. The van der Waals surface area contributed by atoms with E-state index in [1.165, 1.54) is 0 Å². The van der Waals surface area contributed by atoms with Crippen LogP contribution >= 0.6 is 23.2 Å². The molecule has 0 saturated heterocycles. The lowest BCUT2D eigenvalue weighted by Gasteiger charge is -1.94. The number of nitrogens with zero attached hydrogens (tertiary/aromatic N) is 2. The number of imidazole rings is 1. The molecule has 0 aliphatic carbocycles. The van der Waals surface area contributed by atoms with Crippen LogP contribution in [0.4, 0.5) is 0 Å². The number of aromatic nitrogens is 2. The van der Waals surface area contributed by atoms with Gasteiger partial charge in [-0.1, -0.05) is 17.7 Å². The lowest BCUT2D eigenvalue weighted by molar-refractivity contribution is 0.823. The van der Waals surface area contributed by atoms with Crippen LogP contribution in [-0.2, 0) is 6.54 Å². The molecule has 0 unspecified atom stereocenters. The van der Waals surface area contributed by atoms with Crippen molar-refractivity contribution < 1.29 is 0 Å². The third-order valence-corrected chi connectivity index (χ3v) is 1.51. The topological polar surface area (TPSA) is 17.8 Å². The first kappa shape index (κ1) is 7.63. The molecule has 1 rings (SSSR count). The highest BCUT2D eigenvalue weighted by Crippen LogP contribution is 2.12. The highest BCUT2D eigenvalue weighted by molar-refractivity contribution is 6.32. The zero-order chi connectivity index (χ0) is 7.56. The molecule has 2 nitrogen and oxygen atoms in total. The molecule has 0 bridgehead atoms. The highest BCUT2D eigenvalue weighted by Gasteiger charge is 1.99. The summed E-state index contributed by atoms with van der Waals surface area (Å²) in [7, 11) is 0. The molecular formula is C6H6Cl2N2. The summed E-state index contributed by atoms with van der Waals surface area (Å²) in [5.41, 5.74) is 0. The molecule has 0 spiro atoms. The van der Waals surface area contributed by atoms with E-state index in [2.05, 4.69) is 11.6 Å². The first-order chi connectivity index (χ1) is 4.74. The Balaban J connectivity index is 2.91. The van der Waals surface area contributed by atoms with E-state index in [0.29, 0.717) is 17.0 Å². The van der Waals surface area contributed by atoms with Crippen molar-refractivity contribution in [2.75, 3.05) is 0 Å². The quantitative estimate of drug-likeness (QED) is 0.634. The second-order valence-corrected chi connectivity index (χ2v) is 2.50. The summed E-state index contributed by atoms with van der Waals surface area (Å²) in [6.07, 6.45) is 3.38. The van der Waals surface area contributed by atoms with E-state index in [1.807, 2.05) is 0 Å². The van der Waals surface area contributed by atoms with Crippen LogP contribution in [0.3, 0.4) is 0 Å². The molecule has 10 heavy (non-hydrogen) atoms. The molecule has 4 heteroatoms. The number of rotatable bonds is 2. The first-order valence-electron chi connectivity index (χ1n) is 2.73. The summed E-state index contributed by atoms with van der Waals surface area (Å²) in [6, 6.07) is 0. The molecule has 0 radical (unpaired) electrons. The van der Waals surface area contributed by atoms with Gasteiger partial charge in [-0.05, 0) is 11.6 Å². The van der Waals surface area contributed by atoms with Crippen molar-refractivity contribution in [1.29, 1.82) is 0 Å². The second kappa shape index (κ2) is 3.08. The van der Waals surface area contributed by atoms with E-state index in [4.69, 9.17) is 23.2 Å². The molecule has 1 heterocycles. The molecule has 0 fully saturated rings. The molecule has 0 amide bonds. The maximum atomic E-state index is 5.64. The molecule has 0 aliphatic rings. The number of hydrogen-bond donors (Lipinski definition) is 0. The van der Waals surface area contributed by atoms with E-state index in [-0.39, 0.29) is 0 Å². The molecule has 1 aromatic heterocycles. The first-order valence-corrected chi connectivity index (χ1v) is 3.48. The van der Waals surface area contributed by atoms with Gasteiger partial charge in [0.1, 0.15) is 5.15 Å². The van der Waals surface area contributed by atoms with Crippen LogP contribution in [-0.4, -0.2) is 9.55 Å². The van der Waals surface area contributed by atoms with Gasteiger partial charge < -0.3 is 4.57 Å². The fourth-order valence-corrected chi connectivity index (χ4v) is 1.08. The van der Waals surface area contributed by atoms with Crippen LogP contribution in [0.1, 0.15) is 0 Å². The van der Waals surface area contributed by atoms with Gasteiger partial charge in [0.25, 0.3) is 0 Å². The minimum Gasteiger partial charge on any atom is -0.316 e. The van der Waals surface area contributed by atoms with Crippen molar-refractivity contribution in [3.05, 3.63) is 29.3 Å². The van der Waals surface area contributed by atoms with E-state index in [0.717, 1.165) is 0 Å². The third kappa shape index (κ3) is 1.52. The van der Waals surface area contributed by atoms with Crippen molar-refractivity contribution in [2.24, 2.45) is 0 Å². The fourth-order valence-electron chi connectivity index (χ4n) is 0.630. The van der Waals surface area contributed by atoms with E-state index >= 15 is 0 Å². The Morgan fingerprint density at radius 3 is 2.80 bits per heavy atom. The zero-order valence-corrected chi connectivity index (χ0v) is 6.73. The SMILES string of the molecule is C=CCn1cc(Cl)nc1Cl. The van der Waals surface area contributed by atoms with Gasteiger partial charge in [-0.15, -0.1) is 6.58 Å². The summed E-state index contributed by atoms with van der Waals surface area (Å²) in [5, 5.41) is 0.803. The maximum absolute atomic E-state index is 5.64. The molecule has 0 N–H and O–H groups in total. The summed E-state index contributed by atoms with van der Waals surface area (Å²) in [6.45, 7) is 4.19. The normalized spacial score (nSPS) is 9.80. The predicted molar refractivity (Wildman–Crippen MR) is 42.4 cm³/mol. The third-order valence-electron chi connectivity index (χ3n) is 1.02. The van der Waals surface area contributed by atoms with E-state index in [1.54, 1.807) is 16.8 Å². The Morgan fingerprint density at radius 2 is 2.40 bits per heavy atom.